The average Bonchev–Trinajstić information content (AvgIpc) is 3.38. The molecule has 2 saturated carbocycles. The van der Waals surface area contributed by atoms with Gasteiger partial charge in [-0.15, -0.1) is 0 Å². The molecule has 2 aliphatic carbocycles. The van der Waals surface area contributed by atoms with E-state index in [-0.39, 0.29) is 0 Å². The zero-order valence-electron chi connectivity index (χ0n) is 12.1. The predicted octanol–water partition coefficient (Wildman–Crippen LogP) is 2.00. The van der Waals surface area contributed by atoms with Gasteiger partial charge in [-0.05, 0) is 66.7 Å². The zero-order chi connectivity index (χ0) is 14.4. The molecule has 1 aromatic carbocycles. The Bertz CT molecular complexity index is 636. The summed E-state index contributed by atoms with van der Waals surface area (Å²) < 4.78 is 27.8. The van der Waals surface area contributed by atoms with E-state index in [9.17, 15) is 8.42 Å². The molecule has 114 valence electrons. The minimum atomic E-state index is -3.37. The Kier molecular flexibility index (Phi) is 3.32. The van der Waals surface area contributed by atoms with E-state index in [1.54, 1.807) is 6.07 Å². The van der Waals surface area contributed by atoms with Crippen LogP contribution in [-0.4, -0.2) is 15.0 Å². The lowest BCUT2D eigenvalue weighted by molar-refractivity contribution is 0.401. The maximum atomic E-state index is 12.5. The van der Waals surface area contributed by atoms with Crippen LogP contribution < -0.4 is 10.0 Å². The Labute approximate surface area is 126 Å². The van der Waals surface area contributed by atoms with Crippen LogP contribution in [0.3, 0.4) is 0 Å². The molecule has 0 atom stereocenters. The fourth-order valence-electron chi connectivity index (χ4n) is 3.49. The Balaban J connectivity index is 1.47. The monoisotopic (exact) mass is 306 g/mol. The number of hydrogen-bond acceptors (Lipinski definition) is 3. The van der Waals surface area contributed by atoms with Gasteiger partial charge in [0.2, 0.25) is 10.0 Å². The summed E-state index contributed by atoms with van der Waals surface area (Å²) in [6.07, 6.45) is 5.14. The summed E-state index contributed by atoms with van der Waals surface area (Å²) in [6.45, 7) is 2.23. The van der Waals surface area contributed by atoms with Crippen LogP contribution >= 0.6 is 0 Å². The molecule has 2 N–H and O–H groups in total. The van der Waals surface area contributed by atoms with Crippen molar-refractivity contribution < 1.29 is 8.42 Å². The number of nitrogens with one attached hydrogen (secondary N) is 2. The highest BCUT2D eigenvalue weighted by Gasteiger charge is 2.41. The fourth-order valence-corrected chi connectivity index (χ4v) is 4.62. The quantitative estimate of drug-likeness (QED) is 0.845. The van der Waals surface area contributed by atoms with Gasteiger partial charge in [-0.3, -0.25) is 0 Å². The first-order chi connectivity index (χ1) is 10.1. The lowest BCUT2D eigenvalue weighted by atomic mass is 9.99. The van der Waals surface area contributed by atoms with E-state index in [0.717, 1.165) is 30.5 Å². The van der Waals surface area contributed by atoms with Crippen LogP contribution in [0.5, 0.6) is 0 Å². The lowest BCUT2D eigenvalue weighted by Gasteiger charge is -2.16. The SMILES string of the molecule is O=S(=O)(NCC(C1CC1)C1CC1)c1ccc2c(c1)CNC2. The van der Waals surface area contributed by atoms with Gasteiger partial charge in [-0.2, -0.15) is 0 Å². The molecule has 1 aliphatic heterocycles. The van der Waals surface area contributed by atoms with Crippen molar-refractivity contribution in [3.8, 4) is 0 Å². The second-order valence-electron chi connectivity index (χ2n) is 6.72. The van der Waals surface area contributed by atoms with Crippen molar-refractivity contribution >= 4 is 10.0 Å². The standard InChI is InChI=1S/C16H22N2O2S/c19-21(20,15-6-5-13-8-17-9-14(13)7-15)18-10-16(11-1-2-11)12-3-4-12/h5-7,11-12,16-18H,1-4,8-10H2. The third-order valence-corrected chi connectivity index (χ3v) is 6.50. The summed E-state index contributed by atoms with van der Waals surface area (Å²) in [5.74, 6) is 2.10. The molecule has 0 saturated heterocycles. The molecule has 0 spiro atoms. The first-order valence-electron chi connectivity index (χ1n) is 7.96. The summed E-state index contributed by atoms with van der Waals surface area (Å²) in [5.41, 5.74) is 2.32. The number of benzene rings is 1. The normalized spacial score (nSPS) is 21.8. The van der Waals surface area contributed by atoms with E-state index >= 15 is 0 Å². The van der Waals surface area contributed by atoms with E-state index in [4.69, 9.17) is 0 Å². The van der Waals surface area contributed by atoms with Crippen LogP contribution in [0.4, 0.5) is 0 Å². The Hall–Kier alpha value is -0.910. The van der Waals surface area contributed by atoms with Gasteiger partial charge >= 0.3 is 0 Å². The van der Waals surface area contributed by atoms with Crippen molar-refractivity contribution in [3.63, 3.8) is 0 Å². The van der Waals surface area contributed by atoms with Crippen LogP contribution in [0.2, 0.25) is 0 Å². The number of fused-ring (bicyclic) bond motifs is 1. The summed E-state index contributed by atoms with van der Waals surface area (Å²) in [7, 11) is -3.37. The average molecular weight is 306 g/mol. The molecule has 5 heteroatoms. The summed E-state index contributed by atoms with van der Waals surface area (Å²) >= 11 is 0. The smallest absolute Gasteiger partial charge is 0.240 e. The molecule has 0 aromatic heterocycles. The largest absolute Gasteiger partial charge is 0.309 e. The minimum Gasteiger partial charge on any atom is -0.309 e. The van der Waals surface area contributed by atoms with E-state index in [2.05, 4.69) is 10.0 Å². The van der Waals surface area contributed by atoms with Crippen LogP contribution in [0.15, 0.2) is 23.1 Å². The molecular formula is C16H22N2O2S. The van der Waals surface area contributed by atoms with Crippen LogP contribution in [0, 0.1) is 17.8 Å². The molecule has 1 heterocycles. The minimum absolute atomic E-state index is 0.412. The number of hydrogen-bond donors (Lipinski definition) is 2. The molecule has 0 amide bonds. The van der Waals surface area contributed by atoms with Crippen molar-refractivity contribution in [2.75, 3.05) is 6.54 Å². The van der Waals surface area contributed by atoms with Crippen LogP contribution in [0.25, 0.3) is 0 Å². The molecule has 0 unspecified atom stereocenters. The lowest BCUT2D eigenvalue weighted by Crippen LogP contribution is -2.31. The predicted molar refractivity (Wildman–Crippen MR) is 81.1 cm³/mol. The van der Waals surface area contributed by atoms with Gasteiger partial charge in [0.15, 0.2) is 0 Å². The summed E-state index contributed by atoms with van der Waals surface area (Å²) in [4.78, 5) is 0.412. The van der Waals surface area contributed by atoms with Crippen molar-refractivity contribution in [3.05, 3.63) is 29.3 Å². The number of sulfonamides is 1. The number of rotatable bonds is 6. The van der Waals surface area contributed by atoms with Gasteiger partial charge in [0, 0.05) is 19.6 Å². The molecular weight excluding hydrogens is 284 g/mol. The van der Waals surface area contributed by atoms with E-state index < -0.39 is 10.0 Å². The first-order valence-corrected chi connectivity index (χ1v) is 9.44. The van der Waals surface area contributed by atoms with Crippen molar-refractivity contribution in [1.82, 2.24) is 10.0 Å². The molecule has 2 fully saturated rings. The third kappa shape index (κ3) is 2.87. The highest BCUT2D eigenvalue weighted by Crippen LogP contribution is 2.48. The van der Waals surface area contributed by atoms with Gasteiger partial charge in [0.1, 0.15) is 0 Å². The topological polar surface area (TPSA) is 58.2 Å². The molecule has 1 aromatic rings. The highest BCUT2D eigenvalue weighted by molar-refractivity contribution is 7.89. The molecule has 4 rings (SSSR count). The first kappa shape index (κ1) is 13.7. The fraction of sp³-hybridized carbons (Fsp3) is 0.625. The molecule has 4 nitrogen and oxygen atoms in total. The third-order valence-electron chi connectivity index (χ3n) is 5.08. The summed E-state index contributed by atoms with van der Waals surface area (Å²) in [5, 5.41) is 3.25. The van der Waals surface area contributed by atoms with Gasteiger partial charge in [0.05, 0.1) is 4.90 Å². The Morgan fingerprint density at radius 2 is 1.76 bits per heavy atom. The van der Waals surface area contributed by atoms with Gasteiger partial charge < -0.3 is 5.32 Å². The zero-order valence-corrected chi connectivity index (χ0v) is 13.0. The maximum Gasteiger partial charge on any atom is 0.240 e. The van der Waals surface area contributed by atoms with Gasteiger partial charge in [-0.25, -0.2) is 13.1 Å². The van der Waals surface area contributed by atoms with Crippen LogP contribution in [0.1, 0.15) is 36.8 Å². The second kappa shape index (κ2) is 5.07. The van der Waals surface area contributed by atoms with E-state index in [1.807, 2.05) is 12.1 Å². The molecule has 0 bridgehead atoms. The maximum absolute atomic E-state index is 12.5. The molecule has 0 radical (unpaired) electrons. The highest BCUT2D eigenvalue weighted by atomic mass is 32.2. The van der Waals surface area contributed by atoms with Crippen molar-refractivity contribution in [2.45, 2.75) is 43.7 Å². The molecule has 3 aliphatic rings. The van der Waals surface area contributed by atoms with Gasteiger partial charge in [-0.1, -0.05) is 6.07 Å². The van der Waals surface area contributed by atoms with Gasteiger partial charge in [0.25, 0.3) is 0 Å². The van der Waals surface area contributed by atoms with E-state index in [1.165, 1.54) is 31.2 Å². The second-order valence-corrected chi connectivity index (χ2v) is 8.49. The van der Waals surface area contributed by atoms with Crippen molar-refractivity contribution in [2.24, 2.45) is 17.8 Å². The Morgan fingerprint density at radius 3 is 2.43 bits per heavy atom. The van der Waals surface area contributed by atoms with Crippen molar-refractivity contribution in [1.29, 1.82) is 0 Å². The van der Waals surface area contributed by atoms with Crippen LogP contribution in [-0.2, 0) is 23.1 Å². The van der Waals surface area contributed by atoms with E-state index in [0.29, 0.717) is 17.4 Å². The molecule has 21 heavy (non-hydrogen) atoms. The Morgan fingerprint density at radius 1 is 1.10 bits per heavy atom. The summed E-state index contributed by atoms with van der Waals surface area (Å²) in [6, 6.07) is 5.49.